The smallest absolute Gasteiger partial charge is 0.131 e. The molecule has 0 radical (unpaired) electrons. The Morgan fingerprint density at radius 1 is 1.05 bits per heavy atom. The summed E-state index contributed by atoms with van der Waals surface area (Å²) in [6.45, 7) is 0.631. The molecule has 3 rings (SSSR count). The third-order valence-corrected chi connectivity index (χ3v) is 3.15. The van der Waals surface area contributed by atoms with Crippen LogP contribution < -0.4 is 10.1 Å². The number of pyridine rings is 1. The molecule has 1 aromatic carbocycles. The third kappa shape index (κ3) is 3.02. The van der Waals surface area contributed by atoms with Gasteiger partial charge in [-0.15, -0.1) is 0 Å². The monoisotopic (exact) mass is 280 g/mol. The average molecular weight is 280 g/mol. The molecule has 0 fully saturated rings. The van der Waals surface area contributed by atoms with E-state index in [1.165, 1.54) is 0 Å². The molecule has 5 nitrogen and oxygen atoms in total. The van der Waals surface area contributed by atoms with E-state index in [1.54, 1.807) is 19.5 Å². The van der Waals surface area contributed by atoms with Gasteiger partial charge in [-0.1, -0.05) is 24.3 Å². The predicted octanol–water partition coefficient (Wildman–Crippen LogP) is 3.08. The van der Waals surface area contributed by atoms with E-state index in [4.69, 9.17) is 4.74 Å². The normalized spacial score (nSPS) is 10.3. The fourth-order valence-corrected chi connectivity index (χ4v) is 2.13. The van der Waals surface area contributed by atoms with E-state index in [0.717, 1.165) is 22.9 Å². The molecule has 0 unspecified atom stereocenters. The number of ether oxygens (including phenoxy) is 1. The van der Waals surface area contributed by atoms with Gasteiger partial charge < -0.3 is 10.1 Å². The van der Waals surface area contributed by atoms with E-state index < -0.39 is 0 Å². The Labute approximate surface area is 123 Å². The Morgan fingerprint density at radius 3 is 2.71 bits per heavy atom. The van der Waals surface area contributed by atoms with Crippen molar-refractivity contribution in [1.29, 1.82) is 0 Å². The second kappa shape index (κ2) is 6.09. The number of benzene rings is 1. The summed E-state index contributed by atoms with van der Waals surface area (Å²) in [7, 11) is 1.68. The van der Waals surface area contributed by atoms with Crippen LogP contribution in [0.2, 0.25) is 0 Å². The molecule has 0 spiro atoms. The van der Waals surface area contributed by atoms with Crippen LogP contribution in [0.5, 0.6) is 5.75 Å². The average Bonchev–Trinajstić information content (AvgIpc) is 2.96. The van der Waals surface area contributed by atoms with Crippen molar-refractivity contribution >= 4 is 11.6 Å². The molecule has 0 aliphatic carbocycles. The summed E-state index contributed by atoms with van der Waals surface area (Å²) >= 11 is 0. The number of para-hydroxylation sites is 1. The van der Waals surface area contributed by atoms with Gasteiger partial charge in [0.15, 0.2) is 0 Å². The van der Waals surface area contributed by atoms with Crippen LogP contribution in [0.1, 0.15) is 5.56 Å². The maximum atomic E-state index is 5.38. The van der Waals surface area contributed by atoms with Crippen LogP contribution in [0.3, 0.4) is 0 Å². The van der Waals surface area contributed by atoms with Crippen molar-refractivity contribution in [2.75, 3.05) is 12.4 Å². The number of anilines is 2. The minimum Gasteiger partial charge on any atom is -0.496 e. The highest BCUT2D eigenvalue weighted by atomic mass is 16.5. The molecule has 21 heavy (non-hydrogen) atoms. The number of nitrogens with one attached hydrogen (secondary N) is 1. The molecular formula is C16H16N4O. The zero-order chi connectivity index (χ0) is 14.5. The first-order valence-corrected chi connectivity index (χ1v) is 6.68. The summed E-state index contributed by atoms with van der Waals surface area (Å²) in [5, 5.41) is 7.61. The molecule has 0 aliphatic rings. The molecular weight excluding hydrogens is 264 g/mol. The molecule has 2 heterocycles. The van der Waals surface area contributed by atoms with Crippen molar-refractivity contribution in [1.82, 2.24) is 14.8 Å². The molecule has 0 aliphatic heterocycles. The number of hydrogen-bond donors (Lipinski definition) is 1. The first-order chi connectivity index (χ1) is 10.4. The van der Waals surface area contributed by atoms with E-state index in [0.29, 0.717) is 6.54 Å². The van der Waals surface area contributed by atoms with Gasteiger partial charge in [0.1, 0.15) is 17.4 Å². The number of methoxy groups -OCH3 is 1. The molecule has 0 bridgehead atoms. The number of hydrogen-bond acceptors (Lipinski definition) is 4. The first-order valence-electron chi connectivity index (χ1n) is 6.68. The number of rotatable bonds is 5. The quantitative estimate of drug-likeness (QED) is 0.780. The standard InChI is InChI=1S/C16H16N4O/c1-21-14-7-3-2-6-13(14)12-20-16(9-11-18-20)19-15-8-4-5-10-17-15/h2-11H,12H2,1H3,(H,17,19). The van der Waals surface area contributed by atoms with Gasteiger partial charge in [-0.05, 0) is 18.2 Å². The predicted molar refractivity (Wildman–Crippen MR) is 81.8 cm³/mol. The lowest BCUT2D eigenvalue weighted by atomic mass is 10.2. The minimum absolute atomic E-state index is 0.631. The van der Waals surface area contributed by atoms with Crippen LogP contribution in [0.25, 0.3) is 0 Å². The molecule has 0 atom stereocenters. The number of nitrogens with zero attached hydrogens (tertiary/aromatic N) is 3. The summed E-state index contributed by atoms with van der Waals surface area (Å²) < 4.78 is 7.26. The van der Waals surface area contributed by atoms with E-state index in [-0.39, 0.29) is 0 Å². The Morgan fingerprint density at radius 2 is 1.90 bits per heavy atom. The second-order valence-electron chi connectivity index (χ2n) is 4.53. The highest BCUT2D eigenvalue weighted by molar-refractivity contribution is 5.51. The fraction of sp³-hybridized carbons (Fsp3) is 0.125. The van der Waals surface area contributed by atoms with Gasteiger partial charge in [0.25, 0.3) is 0 Å². The molecule has 106 valence electrons. The molecule has 3 aromatic rings. The Bertz CT molecular complexity index is 709. The maximum absolute atomic E-state index is 5.38. The lowest BCUT2D eigenvalue weighted by Crippen LogP contribution is -2.07. The van der Waals surface area contributed by atoms with Crippen LogP contribution in [-0.2, 0) is 6.54 Å². The molecule has 2 aromatic heterocycles. The van der Waals surface area contributed by atoms with Gasteiger partial charge in [0.2, 0.25) is 0 Å². The highest BCUT2D eigenvalue weighted by Gasteiger charge is 2.07. The van der Waals surface area contributed by atoms with Crippen LogP contribution >= 0.6 is 0 Å². The molecule has 0 saturated heterocycles. The summed E-state index contributed by atoms with van der Waals surface area (Å²) in [5.41, 5.74) is 1.08. The lowest BCUT2D eigenvalue weighted by molar-refractivity contribution is 0.407. The maximum Gasteiger partial charge on any atom is 0.131 e. The van der Waals surface area contributed by atoms with E-state index in [1.807, 2.05) is 53.2 Å². The van der Waals surface area contributed by atoms with Crippen molar-refractivity contribution in [3.05, 3.63) is 66.5 Å². The van der Waals surface area contributed by atoms with Crippen LogP contribution in [0, 0.1) is 0 Å². The Kier molecular flexibility index (Phi) is 3.82. The zero-order valence-electron chi connectivity index (χ0n) is 11.7. The SMILES string of the molecule is COc1ccccc1Cn1nccc1Nc1ccccn1. The van der Waals surface area contributed by atoms with E-state index in [2.05, 4.69) is 15.4 Å². The molecule has 0 amide bonds. The zero-order valence-corrected chi connectivity index (χ0v) is 11.7. The summed E-state index contributed by atoms with van der Waals surface area (Å²) in [5.74, 6) is 2.54. The van der Waals surface area contributed by atoms with E-state index >= 15 is 0 Å². The van der Waals surface area contributed by atoms with Gasteiger partial charge in [0, 0.05) is 17.8 Å². The van der Waals surface area contributed by atoms with Crippen molar-refractivity contribution < 1.29 is 4.74 Å². The lowest BCUT2D eigenvalue weighted by Gasteiger charge is -2.11. The van der Waals surface area contributed by atoms with Gasteiger partial charge in [-0.2, -0.15) is 5.10 Å². The Balaban J connectivity index is 1.83. The van der Waals surface area contributed by atoms with Crippen molar-refractivity contribution in [3.63, 3.8) is 0 Å². The van der Waals surface area contributed by atoms with Crippen molar-refractivity contribution in [2.45, 2.75) is 6.54 Å². The van der Waals surface area contributed by atoms with Crippen molar-refractivity contribution in [3.8, 4) is 5.75 Å². The van der Waals surface area contributed by atoms with Crippen molar-refractivity contribution in [2.24, 2.45) is 0 Å². The molecule has 1 N–H and O–H groups in total. The van der Waals surface area contributed by atoms with Gasteiger partial charge >= 0.3 is 0 Å². The van der Waals surface area contributed by atoms with Crippen LogP contribution in [0.4, 0.5) is 11.6 Å². The fourth-order valence-electron chi connectivity index (χ4n) is 2.13. The van der Waals surface area contributed by atoms with Crippen LogP contribution in [0.15, 0.2) is 60.9 Å². The topological polar surface area (TPSA) is 52.0 Å². The third-order valence-electron chi connectivity index (χ3n) is 3.15. The van der Waals surface area contributed by atoms with Crippen LogP contribution in [-0.4, -0.2) is 21.9 Å². The first kappa shape index (κ1) is 13.2. The van der Waals surface area contributed by atoms with Gasteiger partial charge in [0.05, 0.1) is 19.9 Å². The summed E-state index contributed by atoms with van der Waals surface area (Å²) in [4.78, 5) is 4.26. The number of aromatic nitrogens is 3. The highest BCUT2D eigenvalue weighted by Crippen LogP contribution is 2.21. The molecule has 5 heteroatoms. The van der Waals surface area contributed by atoms with Gasteiger partial charge in [-0.3, -0.25) is 0 Å². The Hall–Kier alpha value is -2.82. The summed E-state index contributed by atoms with van der Waals surface area (Å²) in [6, 6.07) is 15.6. The van der Waals surface area contributed by atoms with Gasteiger partial charge in [-0.25, -0.2) is 9.67 Å². The minimum atomic E-state index is 0.631. The van der Waals surface area contributed by atoms with E-state index in [9.17, 15) is 0 Å². The largest absolute Gasteiger partial charge is 0.496 e. The summed E-state index contributed by atoms with van der Waals surface area (Å²) in [6.07, 6.45) is 3.52. The second-order valence-corrected chi connectivity index (χ2v) is 4.53. The molecule has 0 saturated carbocycles.